The number of sulfone groups is 1. The van der Waals surface area contributed by atoms with E-state index in [1.807, 2.05) is 6.92 Å². The molecular weight excluding hydrogens is 252 g/mol. The quantitative estimate of drug-likeness (QED) is 0.736. The summed E-state index contributed by atoms with van der Waals surface area (Å²) in [6.45, 7) is 7.32. The summed E-state index contributed by atoms with van der Waals surface area (Å²) < 4.78 is 24.5. The first-order valence-corrected chi connectivity index (χ1v) is 7.92. The van der Waals surface area contributed by atoms with E-state index < -0.39 is 9.84 Å². The van der Waals surface area contributed by atoms with E-state index in [2.05, 4.69) is 5.10 Å². The summed E-state index contributed by atoms with van der Waals surface area (Å²) >= 11 is 0. The average Bonchev–Trinajstić information content (AvgIpc) is 2.61. The maximum atomic E-state index is 11.8. The van der Waals surface area contributed by atoms with Crippen LogP contribution in [0.2, 0.25) is 0 Å². The molecule has 0 amide bonds. The molecule has 0 aromatic carbocycles. The van der Waals surface area contributed by atoms with Gasteiger partial charge in [-0.2, -0.15) is 5.10 Å². The van der Waals surface area contributed by atoms with Crippen LogP contribution < -0.4 is 0 Å². The van der Waals surface area contributed by atoms with E-state index in [4.69, 9.17) is 0 Å². The van der Waals surface area contributed by atoms with Gasteiger partial charge in [0.1, 0.15) is 0 Å². The highest BCUT2D eigenvalue weighted by Gasteiger charge is 2.18. The van der Waals surface area contributed by atoms with Gasteiger partial charge in [-0.25, -0.2) is 8.42 Å². The monoisotopic (exact) mass is 272 g/mol. The zero-order valence-corrected chi connectivity index (χ0v) is 12.2. The molecule has 0 aliphatic rings. The normalized spacial score (nSPS) is 11.8. The van der Waals surface area contributed by atoms with Crippen molar-refractivity contribution in [1.82, 2.24) is 9.78 Å². The van der Waals surface area contributed by atoms with Crippen molar-refractivity contribution < 1.29 is 13.2 Å². The van der Waals surface area contributed by atoms with Gasteiger partial charge in [-0.05, 0) is 13.8 Å². The number of aromatic nitrogens is 2. The van der Waals surface area contributed by atoms with Gasteiger partial charge in [0.15, 0.2) is 15.6 Å². The van der Waals surface area contributed by atoms with E-state index in [1.165, 1.54) is 0 Å². The van der Waals surface area contributed by atoms with E-state index in [1.54, 1.807) is 25.5 Å². The molecule has 0 bridgehead atoms. The zero-order chi connectivity index (χ0) is 13.9. The molecule has 0 aliphatic heterocycles. The van der Waals surface area contributed by atoms with Gasteiger partial charge in [-0.1, -0.05) is 13.8 Å². The molecule has 0 spiro atoms. The second-order valence-electron chi connectivity index (χ2n) is 4.28. The van der Waals surface area contributed by atoms with Gasteiger partial charge in [0.25, 0.3) is 0 Å². The van der Waals surface area contributed by atoms with Crippen LogP contribution in [0.3, 0.4) is 0 Å². The van der Waals surface area contributed by atoms with Crippen molar-refractivity contribution in [2.45, 2.75) is 40.7 Å². The number of carbonyl (C=O) groups is 1. The Kier molecular flexibility index (Phi) is 4.67. The highest BCUT2D eigenvalue weighted by Crippen LogP contribution is 2.15. The van der Waals surface area contributed by atoms with E-state index in [-0.39, 0.29) is 17.3 Å². The Bertz CT molecular complexity index is 544. The molecule has 1 aromatic rings. The number of carbonyl (C=O) groups excluding carboxylic acids is 1. The van der Waals surface area contributed by atoms with E-state index in [0.29, 0.717) is 24.2 Å². The minimum absolute atomic E-state index is 0.0506. The highest BCUT2D eigenvalue weighted by atomic mass is 32.2. The molecular formula is C12H20N2O3S. The van der Waals surface area contributed by atoms with E-state index in [9.17, 15) is 13.2 Å². The van der Waals surface area contributed by atoms with Crippen molar-refractivity contribution in [2.75, 3.05) is 11.5 Å². The van der Waals surface area contributed by atoms with Crippen molar-refractivity contribution in [1.29, 1.82) is 0 Å². The van der Waals surface area contributed by atoms with Crippen molar-refractivity contribution in [2.24, 2.45) is 0 Å². The average molecular weight is 272 g/mol. The molecule has 18 heavy (non-hydrogen) atoms. The number of nitrogens with zero attached hydrogens (tertiary/aromatic N) is 2. The Labute approximate surface area is 108 Å². The van der Waals surface area contributed by atoms with Gasteiger partial charge < -0.3 is 0 Å². The summed E-state index contributed by atoms with van der Waals surface area (Å²) in [6, 6.07) is 0. The minimum Gasteiger partial charge on any atom is -0.294 e. The highest BCUT2D eigenvalue weighted by molar-refractivity contribution is 7.91. The molecule has 102 valence electrons. The van der Waals surface area contributed by atoms with Crippen molar-refractivity contribution >= 4 is 15.6 Å². The van der Waals surface area contributed by atoms with Crippen molar-refractivity contribution in [3.05, 3.63) is 17.0 Å². The molecule has 0 saturated carbocycles. The maximum absolute atomic E-state index is 11.8. The van der Waals surface area contributed by atoms with E-state index >= 15 is 0 Å². The topological polar surface area (TPSA) is 69.0 Å². The number of rotatable bonds is 6. The van der Waals surface area contributed by atoms with Gasteiger partial charge in [0.2, 0.25) is 0 Å². The summed E-state index contributed by atoms with van der Waals surface area (Å²) in [5.74, 6) is 0.243. The third-order valence-electron chi connectivity index (χ3n) is 3.04. The summed E-state index contributed by atoms with van der Waals surface area (Å²) in [5, 5.41) is 4.25. The molecule has 1 heterocycles. The lowest BCUT2D eigenvalue weighted by molar-refractivity contribution is 0.0987. The second kappa shape index (κ2) is 5.65. The fourth-order valence-corrected chi connectivity index (χ4v) is 2.60. The molecule has 0 aliphatic carbocycles. The van der Waals surface area contributed by atoms with Crippen LogP contribution >= 0.6 is 0 Å². The number of hydrogen-bond acceptors (Lipinski definition) is 4. The molecule has 0 N–H and O–H groups in total. The maximum Gasteiger partial charge on any atom is 0.166 e. The predicted molar refractivity (Wildman–Crippen MR) is 70.7 cm³/mol. The summed E-state index contributed by atoms with van der Waals surface area (Å²) in [7, 11) is -3.01. The van der Waals surface area contributed by atoms with E-state index in [0.717, 1.165) is 5.69 Å². The molecule has 0 saturated heterocycles. The van der Waals surface area contributed by atoms with Crippen LogP contribution in [-0.4, -0.2) is 35.5 Å². The fraction of sp³-hybridized carbons (Fsp3) is 0.667. The third kappa shape index (κ3) is 3.19. The van der Waals surface area contributed by atoms with Crippen molar-refractivity contribution in [3.63, 3.8) is 0 Å². The van der Waals surface area contributed by atoms with Gasteiger partial charge in [0, 0.05) is 17.9 Å². The molecule has 5 nitrogen and oxygen atoms in total. The number of hydrogen-bond donors (Lipinski definition) is 0. The predicted octanol–water partition coefficient (Wildman–Crippen LogP) is 1.53. The third-order valence-corrected chi connectivity index (χ3v) is 4.72. The summed E-state index contributed by atoms with van der Waals surface area (Å²) in [5.41, 5.74) is 2.06. The molecule has 1 aromatic heterocycles. The van der Waals surface area contributed by atoms with Crippen LogP contribution in [0.5, 0.6) is 0 Å². The zero-order valence-electron chi connectivity index (χ0n) is 11.4. The SMILES string of the molecule is CCC(=O)c1c(C)nn(CCS(=O)(=O)CC)c1C. The first kappa shape index (κ1) is 14.9. The van der Waals surface area contributed by atoms with Gasteiger partial charge in [-0.15, -0.1) is 0 Å². The standard InChI is InChI=1S/C12H20N2O3S/c1-5-11(15)12-9(3)13-14(10(12)4)7-8-18(16,17)6-2/h5-8H2,1-4H3. The first-order valence-electron chi connectivity index (χ1n) is 6.10. The summed E-state index contributed by atoms with van der Waals surface area (Å²) in [6.07, 6.45) is 0.431. The van der Waals surface area contributed by atoms with Crippen LogP contribution in [0.1, 0.15) is 42.0 Å². The molecule has 0 radical (unpaired) electrons. The Morgan fingerprint density at radius 1 is 1.28 bits per heavy atom. The summed E-state index contributed by atoms with van der Waals surface area (Å²) in [4.78, 5) is 11.8. The lowest BCUT2D eigenvalue weighted by atomic mass is 10.1. The lowest BCUT2D eigenvalue weighted by Gasteiger charge is -2.05. The molecule has 0 unspecified atom stereocenters. The van der Waals surface area contributed by atoms with Crippen LogP contribution in [0.25, 0.3) is 0 Å². The fourth-order valence-electron chi connectivity index (χ4n) is 1.86. The van der Waals surface area contributed by atoms with Gasteiger partial charge >= 0.3 is 0 Å². The van der Waals surface area contributed by atoms with Crippen molar-refractivity contribution in [3.8, 4) is 0 Å². The first-order chi connectivity index (χ1) is 8.32. The molecule has 1 rings (SSSR count). The van der Waals surface area contributed by atoms with Crippen LogP contribution in [0.4, 0.5) is 0 Å². The van der Waals surface area contributed by atoms with Crippen LogP contribution in [0.15, 0.2) is 0 Å². The Morgan fingerprint density at radius 2 is 1.89 bits per heavy atom. The number of ketones is 1. The van der Waals surface area contributed by atoms with Gasteiger partial charge in [0.05, 0.1) is 23.6 Å². The Balaban J connectivity index is 2.96. The number of Topliss-reactive ketones (excluding diaryl/α,β-unsaturated/α-hetero) is 1. The Morgan fingerprint density at radius 3 is 2.39 bits per heavy atom. The molecule has 6 heteroatoms. The molecule has 0 fully saturated rings. The minimum atomic E-state index is -3.01. The number of aryl methyl sites for hydroxylation is 2. The lowest BCUT2D eigenvalue weighted by Crippen LogP contribution is -2.16. The molecule has 0 atom stereocenters. The van der Waals surface area contributed by atoms with Crippen LogP contribution in [-0.2, 0) is 16.4 Å². The largest absolute Gasteiger partial charge is 0.294 e. The van der Waals surface area contributed by atoms with Gasteiger partial charge in [-0.3, -0.25) is 9.48 Å². The Hall–Kier alpha value is -1.17. The van der Waals surface area contributed by atoms with Crippen LogP contribution in [0, 0.1) is 13.8 Å². The second-order valence-corrected chi connectivity index (χ2v) is 6.75. The smallest absolute Gasteiger partial charge is 0.166 e.